The first-order valence-electron chi connectivity index (χ1n) is 14.1. The number of para-hydroxylation sites is 1. The first-order valence-corrected chi connectivity index (χ1v) is 15.5. The maximum atomic E-state index is 12.8. The summed E-state index contributed by atoms with van der Waals surface area (Å²) in [7, 11) is 0. The van der Waals surface area contributed by atoms with E-state index in [9.17, 15) is 18.0 Å². The Morgan fingerprint density at radius 1 is 1.11 bits per heavy atom. The number of alkyl halides is 3. The number of amides is 1. The molecule has 14 heteroatoms. The highest BCUT2D eigenvalue weighted by Crippen LogP contribution is 2.33. The highest BCUT2D eigenvalue weighted by molar-refractivity contribution is 8.15. The number of ether oxygens (including phenoxy) is 1. The topological polar surface area (TPSA) is 96.7 Å². The molecule has 1 atom stereocenters. The smallest absolute Gasteiger partial charge is 0.406 e. The lowest BCUT2D eigenvalue weighted by Crippen LogP contribution is -2.39. The van der Waals surface area contributed by atoms with Gasteiger partial charge in [0.2, 0.25) is 11.0 Å². The molecule has 2 heterocycles. The lowest BCUT2D eigenvalue weighted by atomic mass is 10.0. The quantitative estimate of drug-likeness (QED) is 0.153. The fourth-order valence-corrected chi connectivity index (χ4v) is 5.92. The average molecular weight is 654 g/mol. The van der Waals surface area contributed by atoms with Crippen molar-refractivity contribution in [3.8, 4) is 22.8 Å². The molecule has 5 rings (SSSR count). The molecule has 9 nitrogen and oxygen atoms in total. The van der Waals surface area contributed by atoms with Crippen molar-refractivity contribution in [2.75, 3.05) is 10.7 Å². The third kappa shape index (κ3) is 7.70. The molecular formula is C31H30F3N7O2S2. The van der Waals surface area contributed by atoms with E-state index in [1.807, 2.05) is 56.3 Å². The van der Waals surface area contributed by atoms with E-state index in [4.69, 9.17) is 12.2 Å². The number of benzene rings is 3. The van der Waals surface area contributed by atoms with Gasteiger partial charge in [0.05, 0.1) is 23.2 Å². The number of carbonyl (C=O) groups excluding carboxylic acids is 1. The second kappa shape index (κ2) is 13.8. The van der Waals surface area contributed by atoms with Gasteiger partial charge in [-0.1, -0.05) is 68.1 Å². The Morgan fingerprint density at radius 3 is 2.51 bits per heavy atom. The van der Waals surface area contributed by atoms with Crippen LogP contribution < -0.4 is 20.5 Å². The lowest BCUT2D eigenvalue weighted by molar-refractivity contribution is -0.274. The largest absolute Gasteiger partial charge is 0.573 e. The standard InChI is InChI=1S/C31H30F3N7O2S2/c1-4-20-8-6-7-19(3)27(20)41-26(42)17-45-30(41)36-29(44)38-37-25(5-2)21-9-11-22(12-10-21)28-35-18-40(39-28)23-13-15-24(16-14-23)43-31(32,33)34/h6-16,18,25,37H,4-5,17H2,1-3H3,(H,38,44)/b36-30-. The van der Waals surface area contributed by atoms with Crippen LogP contribution in [0.15, 0.2) is 78.0 Å². The van der Waals surface area contributed by atoms with E-state index in [2.05, 4.69) is 37.6 Å². The van der Waals surface area contributed by atoms with Crippen molar-refractivity contribution in [2.24, 2.45) is 4.99 Å². The highest BCUT2D eigenvalue weighted by Gasteiger charge is 2.33. The van der Waals surface area contributed by atoms with E-state index in [0.717, 1.165) is 40.8 Å². The van der Waals surface area contributed by atoms with E-state index in [-0.39, 0.29) is 22.8 Å². The number of halogens is 3. The molecule has 0 aliphatic carbocycles. The van der Waals surface area contributed by atoms with E-state index < -0.39 is 6.36 Å². The van der Waals surface area contributed by atoms with Crippen molar-refractivity contribution in [3.05, 3.63) is 89.7 Å². The fourth-order valence-electron chi connectivity index (χ4n) is 4.86. The Bertz CT molecular complexity index is 1710. The summed E-state index contributed by atoms with van der Waals surface area (Å²) >= 11 is 6.87. The first kappa shape index (κ1) is 32.1. The molecule has 0 bridgehead atoms. The summed E-state index contributed by atoms with van der Waals surface area (Å²) in [6, 6.07) is 19.0. The third-order valence-electron chi connectivity index (χ3n) is 7.05. The summed E-state index contributed by atoms with van der Waals surface area (Å²) in [5.41, 5.74) is 11.5. The lowest BCUT2D eigenvalue weighted by Gasteiger charge is -2.22. The van der Waals surface area contributed by atoms with Crippen LogP contribution in [0, 0.1) is 6.92 Å². The van der Waals surface area contributed by atoms with E-state index >= 15 is 0 Å². The summed E-state index contributed by atoms with van der Waals surface area (Å²) in [5.74, 6) is 0.414. The number of aromatic nitrogens is 3. The van der Waals surface area contributed by atoms with Gasteiger partial charge in [-0.3, -0.25) is 15.1 Å². The number of nitrogens with one attached hydrogen (secondary N) is 2. The zero-order valence-corrected chi connectivity index (χ0v) is 26.3. The number of rotatable bonds is 9. The van der Waals surface area contributed by atoms with Crippen LogP contribution in [0.3, 0.4) is 0 Å². The zero-order valence-electron chi connectivity index (χ0n) is 24.6. The highest BCUT2D eigenvalue weighted by atomic mass is 32.2. The molecule has 2 N–H and O–H groups in total. The maximum absolute atomic E-state index is 12.8. The predicted molar refractivity (Wildman–Crippen MR) is 173 cm³/mol. The number of hydrazine groups is 1. The van der Waals surface area contributed by atoms with Crippen LogP contribution in [0.2, 0.25) is 0 Å². The van der Waals surface area contributed by atoms with Gasteiger partial charge in [-0.2, -0.15) is 4.99 Å². The van der Waals surface area contributed by atoms with Gasteiger partial charge in [-0.25, -0.2) is 15.1 Å². The number of aryl methyl sites for hydroxylation is 2. The molecule has 0 saturated carbocycles. The minimum atomic E-state index is -4.75. The van der Waals surface area contributed by atoms with Gasteiger partial charge >= 0.3 is 6.36 Å². The van der Waals surface area contributed by atoms with Crippen molar-refractivity contribution < 1.29 is 22.7 Å². The van der Waals surface area contributed by atoms with Gasteiger partial charge in [0.1, 0.15) is 12.1 Å². The number of anilines is 1. The monoisotopic (exact) mass is 653 g/mol. The molecule has 45 heavy (non-hydrogen) atoms. The normalized spacial score (nSPS) is 15.0. The third-order valence-corrected chi connectivity index (χ3v) is 8.16. The molecular weight excluding hydrogens is 624 g/mol. The van der Waals surface area contributed by atoms with Gasteiger partial charge < -0.3 is 4.74 Å². The Kier molecular flexibility index (Phi) is 9.85. The molecule has 1 aromatic heterocycles. The molecule has 1 fully saturated rings. The number of carbonyl (C=O) groups is 1. The van der Waals surface area contributed by atoms with Crippen LogP contribution in [0.1, 0.15) is 43.0 Å². The van der Waals surface area contributed by atoms with Crippen LogP contribution >= 0.6 is 24.0 Å². The number of thioether (sulfide) groups is 1. The Hall–Kier alpha value is -4.27. The zero-order chi connectivity index (χ0) is 32.1. The van der Waals surface area contributed by atoms with Crippen molar-refractivity contribution in [1.82, 2.24) is 25.6 Å². The van der Waals surface area contributed by atoms with Gasteiger partial charge in [0, 0.05) is 5.56 Å². The molecule has 0 spiro atoms. The van der Waals surface area contributed by atoms with Gasteiger partial charge in [0.15, 0.2) is 11.0 Å². The van der Waals surface area contributed by atoms with Crippen molar-refractivity contribution in [2.45, 2.75) is 46.0 Å². The summed E-state index contributed by atoms with van der Waals surface area (Å²) < 4.78 is 42.7. The van der Waals surface area contributed by atoms with E-state index in [0.29, 0.717) is 22.4 Å². The van der Waals surface area contributed by atoms with Crippen molar-refractivity contribution in [1.29, 1.82) is 0 Å². The molecule has 1 amide bonds. The minimum Gasteiger partial charge on any atom is -0.406 e. The Labute approximate surface area is 267 Å². The van der Waals surface area contributed by atoms with Gasteiger partial charge in [0.25, 0.3) is 0 Å². The van der Waals surface area contributed by atoms with Crippen LogP contribution in [-0.2, 0) is 11.2 Å². The van der Waals surface area contributed by atoms with Crippen molar-refractivity contribution >= 4 is 45.9 Å². The summed E-state index contributed by atoms with van der Waals surface area (Å²) in [6.07, 6.45) is -1.73. The number of aliphatic imine (C=N–C) groups is 1. The second-order valence-electron chi connectivity index (χ2n) is 10.1. The maximum Gasteiger partial charge on any atom is 0.573 e. The van der Waals surface area contributed by atoms with Gasteiger partial charge in [-0.05, 0) is 72.9 Å². The van der Waals surface area contributed by atoms with Crippen LogP contribution in [0.4, 0.5) is 18.9 Å². The molecule has 3 aromatic carbocycles. The SMILES string of the molecule is CCc1cccc(C)c1N1C(=O)CS/C1=N\C(=S)NNC(CC)c1ccc(-c2ncn(-c3ccc(OC(F)(F)F)cc3)n2)cc1. The Morgan fingerprint density at radius 2 is 1.84 bits per heavy atom. The summed E-state index contributed by atoms with van der Waals surface area (Å²) in [6.45, 7) is 6.08. The molecule has 1 unspecified atom stereocenters. The first-order chi connectivity index (χ1) is 21.6. The summed E-state index contributed by atoms with van der Waals surface area (Å²) in [5, 5.41) is 5.21. The van der Waals surface area contributed by atoms with Gasteiger partial charge in [-0.15, -0.1) is 18.3 Å². The average Bonchev–Trinajstić information content (AvgIpc) is 3.64. The summed E-state index contributed by atoms with van der Waals surface area (Å²) in [4.78, 5) is 23.4. The molecule has 1 saturated heterocycles. The number of hydrogen-bond acceptors (Lipinski definition) is 7. The number of hydrogen-bond donors (Lipinski definition) is 2. The van der Waals surface area contributed by atoms with E-state index in [1.54, 1.807) is 4.90 Å². The van der Waals surface area contributed by atoms with Crippen LogP contribution in [0.5, 0.6) is 5.75 Å². The molecule has 4 aromatic rings. The predicted octanol–water partition coefficient (Wildman–Crippen LogP) is 6.67. The van der Waals surface area contributed by atoms with Crippen LogP contribution in [0.25, 0.3) is 17.1 Å². The molecule has 1 aliphatic heterocycles. The van der Waals surface area contributed by atoms with E-state index in [1.165, 1.54) is 47.0 Å². The number of thiocarbonyl (C=S) groups is 1. The molecule has 0 radical (unpaired) electrons. The minimum absolute atomic E-state index is 0.0298. The van der Waals surface area contributed by atoms with Crippen LogP contribution in [-0.4, -0.2) is 43.1 Å². The van der Waals surface area contributed by atoms with Crippen molar-refractivity contribution in [3.63, 3.8) is 0 Å². The Balaban J connectivity index is 1.23. The fraction of sp³-hybridized carbons (Fsp3) is 0.258. The molecule has 234 valence electrons. The number of nitrogens with zero attached hydrogens (tertiary/aromatic N) is 5. The second-order valence-corrected chi connectivity index (χ2v) is 11.4. The number of amidine groups is 1. The molecule has 1 aliphatic rings.